The molecule has 2 aliphatic heterocycles. The lowest BCUT2D eigenvalue weighted by molar-refractivity contribution is 0.0982. The molecule has 0 unspecified atom stereocenters. The van der Waals surface area contributed by atoms with Crippen molar-refractivity contribution >= 4 is 49.9 Å². The topological polar surface area (TPSA) is 93.3 Å². The van der Waals surface area contributed by atoms with E-state index in [1.165, 1.54) is 25.9 Å². The first-order chi connectivity index (χ1) is 17.1. The van der Waals surface area contributed by atoms with Crippen LogP contribution in [0.15, 0.2) is 29.1 Å². The Morgan fingerprint density at radius 2 is 1.83 bits per heavy atom. The van der Waals surface area contributed by atoms with Crippen molar-refractivity contribution in [2.24, 2.45) is 0 Å². The number of carbonyl (C=O) groups is 1. The van der Waals surface area contributed by atoms with Crippen LogP contribution < -0.4 is 15.1 Å². The predicted octanol–water partition coefficient (Wildman–Crippen LogP) is 3.93. The lowest BCUT2D eigenvalue weighted by Crippen LogP contribution is -2.47. The highest BCUT2D eigenvalue weighted by molar-refractivity contribution is 9.10. The Hall–Kier alpha value is -2.72. The molecule has 5 rings (SSSR count). The molecular formula is C25H33BrN8O. The fraction of sp³-hybridized carbons (Fsp3) is 0.520. The van der Waals surface area contributed by atoms with Crippen LogP contribution in [0.3, 0.4) is 0 Å². The summed E-state index contributed by atoms with van der Waals surface area (Å²) in [5.41, 5.74) is 3.60. The van der Waals surface area contributed by atoms with Crippen LogP contribution in [0, 0.1) is 0 Å². The zero-order valence-corrected chi connectivity index (χ0v) is 21.9. The van der Waals surface area contributed by atoms with Gasteiger partial charge in [-0.25, -0.2) is 9.97 Å². The zero-order chi connectivity index (χ0) is 24.2. The maximum atomic E-state index is 12.8. The predicted molar refractivity (Wildman–Crippen MR) is 144 cm³/mol. The summed E-state index contributed by atoms with van der Waals surface area (Å²) in [6.07, 6.45) is 5.61. The van der Waals surface area contributed by atoms with E-state index in [1.807, 2.05) is 6.07 Å². The monoisotopic (exact) mass is 540 g/mol. The Morgan fingerprint density at radius 3 is 2.60 bits per heavy atom. The van der Waals surface area contributed by atoms with E-state index in [0.717, 1.165) is 78.4 Å². The summed E-state index contributed by atoms with van der Waals surface area (Å²) in [5.74, 6) is 1.11. The molecule has 0 bridgehead atoms. The number of anilines is 3. The van der Waals surface area contributed by atoms with E-state index in [9.17, 15) is 4.79 Å². The number of nitrogens with one attached hydrogen (secondary N) is 2. The number of rotatable bonds is 9. The number of H-pyrrole nitrogens is 1. The lowest BCUT2D eigenvalue weighted by Gasteiger charge is -2.37. The average Bonchev–Trinajstić information content (AvgIpc) is 3.54. The molecule has 0 atom stereocenters. The molecule has 2 aromatic heterocycles. The summed E-state index contributed by atoms with van der Waals surface area (Å²) >= 11 is 3.54. The normalized spacial score (nSPS) is 16.9. The van der Waals surface area contributed by atoms with Gasteiger partial charge in [0.2, 0.25) is 0 Å². The number of Topliss-reactive ketones (excluding diaryl/α,β-unsaturated/α-hetero) is 1. The van der Waals surface area contributed by atoms with Gasteiger partial charge in [0.15, 0.2) is 11.4 Å². The van der Waals surface area contributed by atoms with Gasteiger partial charge in [0, 0.05) is 62.6 Å². The van der Waals surface area contributed by atoms with Gasteiger partial charge in [0.05, 0.1) is 5.39 Å². The van der Waals surface area contributed by atoms with Crippen molar-refractivity contribution in [3.05, 3.63) is 34.7 Å². The number of likely N-dealkylation sites (tertiary alicyclic amines) is 1. The largest absolute Gasteiger partial charge is 0.384 e. The van der Waals surface area contributed by atoms with Crippen LogP contribution in [0.5, 0.6) is 0 Å². The van der Waals surface area contributed by atoms with Gasteiger partial charge in [-0.2, -0.15) is 5.10 Å². The van der Waals surface area contributed by atoms with Gasteiger partial charge < -0.3 is 20.0 Å². The first-order valence-corrected chi connectivity index (χ1v) is 13.4. The molecule has 2 fully saturated rings. The molecule has 186 valence electrons. The maximum Gasteiger partial charge on any atom is 0.187 e. The first-order valence-electron chi connectivity index (χ1n) is 12.6. The minimum atomic E-state index is 0.212. The molecule has 0 saturated carbocycles. The van der Waals surface area contributed by atoms with Crippen LogP contribution in [0.1, 0.15) is 43.0 Å². The molecule has 3 aromatic rings. The van der Waals surface area contributed by atoms with E-state index < -0.39 is 0 Å². The molecule has 0 radical (unpaired) electrons. The summed E-state index contributed by atoms with van der Waals surface area (Å²) in [5, 5.41) is 11.7. The second-order valence-electron chi connectivity index (χ2n) is 9.32. The minimum Gasteiger partial charge on any atom is -0.384 e. The van der Waals surface area contributed by atoms with Crippen molar-refractivity contribution in [3.63, 3.8) is 0 Å². The van der Waals surface area contributed by atoms with E-state index in [1.54, 1.807) is 6.33 Å². The van der Waals surface area contributed by atoms with Crippen molar-refractivity contribution in [1.29, 1.82) is 0 Å². The number of hydrogen-bond donors (Lipinski definition) is 2. The summed E-state index contributed by atoms with van der Waals surface area (Å²) in [4.78, 5) is 28.7. The maximum absolute atomic E-state index is 12.8. The number of piperazine rings is 1. The van der Waals surface area contributed by atoms with Crippen LogP contribution in [0.4, 0.5) is 17.2 Å². The van der Waals surface area contributed by atoms with E-state index in [2.05, 4.69) is 75.2 Å². The van der Waals surface area contributed by atoms with Gasteiger partial charge in [-0.05, 0) is 66.5 Å². The molecule has 2 saturated heterocycles. The van der Waals surface area contributed by atoms with Crippen molar-refractivity contribution < 1.29 is 4.79 Å². The summed E-state index contributed by atoms with van der Waals surface area (Å²) in [6, 6.07) is 6.28. The van der Waals surface area contributed by atoms with Gasteiger partial charge in [-0.1, -0.05) is 6.92 Å². The van der Waals surface area contributed by atoms with E-state index in [4.69, 9.17) is 0 Å². The molecule has 2 N–H and O–H groups in total. The standard InChI is InChI=1S/C25H33BrN8O/c1-2-5-21(35)18-14-19(27-6-9-32-7-3-4-8-32)16-20(15-18)33-10-12-34(13-11-33)25-22-23(26)30-31-24(22)28-17-29-25/h14-17,27H,2-13H2,1H3,(H,28,29,30,31). The van der Waals surface area contributed by atoms with Crippen LogP contribution >= 0.6 is 15.9 Å². The highest BCUT2D eigenvalue weighted by Crippen LogP contribution is 2.30. The molecule has 4 heterocycles. The highest BCUT2D eigenvalue weighted by Gasteiger charge is 2.23. The number of benzene rings is 1. The van der Waals surface area contributed by atoms with Crippen LogP contribution in [-0.4, -0.2) is 83.2 Å². The Bertz CT molecular complexity index is 1170. The summed E-state index contributed by atoms with van der Waals surface area (Å²) < 4.78 is 0.803. The number of aromatic nitrogens is 4. The molecule has 2 aliphatic rings. The third-order valence-electron chi connectivity index (χ3n) is 6.90. The number of carbonyl (C=O) groups excluding carboxylic acids is 1. The number of halogens is 1. The van der Waals surface area contributed by atoms with Crippen LogP contribution in [0.25, 0.3) is 11.0 Å². The molecule has 10 heteroatoms. The van der Waals surface area contributed by atoms with Crippen molar-refractivity contribution in [2.75, 3.05) is 67.5 Å². The Kier molecular flexibility index (Phi) is 7.48. The Balaban J connectivity index is 1.30. The molecule has 1 aromatic carbocycles. The second kappa shape index (κ2) is 10.9. The van der Waals surface area contributed by atoms with E-state index in [0.29, 0.717) is 12.1 Å². The third kappa shape index (κ3) is 5.43. The molecule has 35 heavy (non-hydrogen) atoms. The van der Waals surface area contributed by atoms with Crippen LogP contribution in [0.2, 0.25) is 0 Å². The van der Waals surface area contributed by atoms with Crippen molar-refractivity contribution in [1.82, 2.24) is 25.1 Å². The fourth-order valence-corrected chi connectivity index (χ4v) is 5.46. The number of nitrogens with zero attached hydrogens (tertiary/aromatic N) is 6. The number of fused-ring (bicyclic) bond motifs is 1. The molecule has 0 aliphatic carbocycles. The lowest BCUT2D eigenvalue weighted by atomic mass is 10.0. The number of aromatic amines is 1. The smallest absolute Gasteiger partial charge is 0.187 e. The third-order valence-corrected chi connectivity index (χ3v) is 7.48. The molecule has 9 nitrogen and oxygen atoms in total. The SMILES string of the molecule is CCCC(=O)c1cc(NCCN2CCCC2)cc(N2CCN(c3ncnc4n[nH]c(Br)c34)CC2)c1. The molecule has 0 amide bonds. The fourth-order valence-electron chi connectivity index (χ4n) is 5.02. The van der Waals surface area contributed by atoms with Gasteiger partial charge in [-0.15, -0.1) is 0 Å². The van der Waals surface area contributed by atoms with Gasteiger partial charge in [0.1, 0.15) is 16.7 Å². The van der Waals surface area contributed by atoms with Gasteiger partial charge in [-0.3, -0.25) is 9.89 Å². The Morgan fingerprint density at radius 1 is 1.06 bits per heavy atom. The number of hydrogen-bond acceptors (Lipinski definition) is 8. The number of ketones is 1. The summed E-state index contributed by atoms with van der Waals surface area (Å²) in [7, 11) is 0. The van der Waals surface area contributed by atoms with Crippen molar-refractivity contribution in [3.8, 4) is 0 Å². The molecular weight excluding hydrogens is 508 g/mol. The van der Waals surface area contributed by atoms with Crippen LogP contribution in [-0.2, 0) is 0 Å². The zero-order valence-electron chi connectivity index (χ0n) is 20.3. The van der Waals surface area contributed by atoms with E-state index in [-0.39, 0.29) is 5.78 Å². The van der Waals surface area contributed by atoms with Crippen molar-refractivity contribution in [2.45, 2.75) is 32.6 Å². The Labute approximate surface area is 214 Å². The quantitative estimate of drug-likeness (QED) is 0.394. The minimum absolute atomic E-state index is 0.212. The molecule has 0 spiro atoms. The second-order valence-corrected chi connectivity index (χ2v) is 10.1. The van der Waals surface area contributed by atoms with Gasteiger partial charge >= 0.3 is 0 Å². The first kappa shape index (κ1) is 24.0. The summed E-state index contributed by atoms with van der Waals surface area (Å²) in [6.45, 7) is 9.72. The van der Waals surface area contributed by atoms with Gasteiger partial charge in [0.25, 0.3) is 0 Å². The van der Waals surface area contributed by atoms with E-state index >= 15 is 0 Å². The highest BCUT2D eigenvalue weighted by atomic mass is 79.9. The average molecular weight is 541 g/mol.